The fourth-order valence-corrected chi connectivity index (χ4v) is 2.55. The molecule has 1 aromatic heterocycles. The summed E-state index contributed by atoms with van der Waals surface area (Å²) in [5.74, 6) is -0.553. The lowest BCUT2D eigenvalue weighted by molar-refractivity contribution is -0.137. The van der Waals surface area contributed by atoms with Crippen LogP contribution in [0, 0.1) is 0 Å². The van der Waals surface area contributed by atoms with E-state index in [0.29, 0.717) is 0 Å². The Morgan fingerprint density at radius 2 is 1.88 bits per heavy atom. The molecule has 7 heteroatoms. The van der Waals surface area contributed by atoms with E-state index >= 15 is 0 Å². The standard InChI is InChI=1S/C19H16F3N3O/c1-13(14-5-7-17(8-6-14)25-10-9-23-12-25)24-18(26)15-3-2-4-16(11-15)19(20,21)22/h2-13H,1H3,(H,24,26)/t13-/m1/s1. The number of nitrogens with zero attached hydrogens (tertiary/aromatic N) is 2. The molecular formula is C19H16F3N3O. The number of hydrogen-bond acceptors (Lipinski definition) is 2. The first kappa shape index (κ1) is 17.7. The molecule has 1 atom stereocenters. The minimum atomic E-state index is -4.48. The molecule has 0 aliphatic carbocycles. The first-order valence-corrected chi connectivity index (χ1v) is 7.91. The van der Waals surface area contributed by atoms with Gasteiger partial charge in [0.25, 0.3) is 5.91 Å². The molecule has 1 heterocycles. The van der Waals surface area contributed by atoms with Gasteiger partial charge in [0.05, 0.1) is 17.9 Å². The van der Waals surface area contributed by atoms with Gasteiger partial charge in [-0.25, -0.2) is 4.98 Å². The van der Waals surface area contributed by atoms with E-state index in [4.69, 9.17) is 0 Å². The van der Waals surface area contributed by atoms with Crippen LogP contribution in [0.1, 0.15) is 34.5 Å². The van der Waals surface area contributed by atoms with E-state index < -0.39 is 17.6 Å². The summed E-state index contributed by atoms with van der Waals surface area (Å²) in [6.07, 6.45) is 0.679. The molecule has 26 heavy (non-hydrogen) atoms. The maximum absolute atomic E-state index is 12.8. The van der Waals surface area contributed by atoms with Gasteiger partial charge in [-0.1, -0.05) is 18.2 Å². The molecular weight excluding hydrogens is 343 g/mol. The molecule has 0 fully saturated rings. The number of rotatable bonds is 4. The zero-order valence-electron chi connectivity index (χ0n) is 13.9. The predicted molar refractivity (Wildman–Crippen MR) is 90.9 cm³/mol. The minimum Gasteiger partial charge on any atom is -0.346 e. The number of nitrogens with one attached hydrogen (secondary N) is 1. The summed E-state index contributed by atoms with van der Waals surface area (Å²) in [6.45, 7) is 1.78. The number of alkyl halides is 3. The van der Waals surface area contributed by atoms with Gasteiger partial charge >= 0.3 is 6.18 Å². The average Bonchev–Trinajstić information content (AvgIpc) is 3.16. The van der Waals surface area contributed by atoms with Crippen LogP contribution in [-0.2, 0) is 6.18 Å². The molecule has 1 amide bonds. The predicted octanol–water partition coefficient (Wildman–Crippen LogP) is 4.38. The van der Waals surface area contributed by atoms with E-state index in [1.54, 1.807) is 19.4 Å². The largest absolute Gasteiger partial charge is 0.416 e. The van der Waals surface area contributed by atoms with E-state index in [1.807, 2.05) is 35.0 Å². The normalized spacial score (nSPS) is 12.6. The SMILES string of the molecule is C[C@@H](NC(=O)c1cccc(C(F)(F)F)c1)c1ccc(-n2ccnc2)cc1. The van der Waals surface area contributed by atoms with Crippen LogP contribution in [0.15, 0.2) is 67.3 Å². The maximum Gasteiger partial charge on any atom is 0.416 e. The second-order valence-electron chi connectivity index (χ2n) is 5.84. The van der Waals surface area contributed by atoms with Gasteiger partial charge in [0.15, 0.2) is 0 Å². The third-order valence-electron chi connectivity index (χ3n) is 4.00. The molecule has 0 spiro atoms. The van der Waals surface area contributed by atoms with Crippen LogP contribution in [0.2, 0.25) is 0 Å². The van der Waals surface area contributed by atoms with Crippen molar-refractivity contribution in [2.24, 2.45) is 0 Å². The molecule has 0 radical (unpaired) electrons. The second kappa shape index (κ2) is 7.03. The first-order chi connectivity index (χ1) is 12.3. The van der Waals surface area contributed by atoms with Crippen molar-refractivity contribution in [3.05, 3.63) is 83.9 Å². The molecule has 0 saturated heterocycles. The Balaban J connectivity index is 1.71. The first-order valence-electron chi connectivity index (χ1n) is 7.91. The molecule has 134 valence electrons. The quantitative estimate of drug-likeness (QED) is 0.751. The lowest BCUT2D eigenvalue weighted by atomic mass is 10.1. The monoisotopic (exact) mass is 359 g/mol. The smallest absolute Gasteiger partial charge is 0.346 e. The summed E-state index contributed by atoms with van der Waals surface area (Å²) in [4.78, 5) is 16.2. The van der Waals surface area contributed by atoms with Gasteiger partial charge in [-0.2, -0.15) is 13.2 Å². The van der Waals surface area contributed by atoms with Crippen molar-refractivity contribution in [2.75, 3.05) is 0 Å². The molecule has 3 rings (SSSR count). The molecule has 1 N–H and O–H groups in total. The number of carbonyl (C=O) groups is 1. The van der Waals surface area contributed by atoms with Crippen molar-refractivity contribution < 1.29 is 18.0 Å². The number of hydrogen-bond donors (Lipinski definition) is 1. The Labute approximate surface area is 148 Å². The Bertz CT molecular complexity index is 887. The molecule has 0 aliphatic heterocycles. The second-order valence-corrected chi connectivity index (χ2v) is 5.84. The number of amides is 1. The van der Waals surface area contributed by atoms with Gasteiger partial charge < -0.3 is 9.88 Å². The number of carbonyl (C=O) groups excluding carboxylic acids is 1. The van der Waals surface area contributed by atoms with Crippen LogP contribution in [0.5, 0.6) is 0 Å². The van der Waals surface area contributed by atoms with Crippen molar-refractivity contribution in [1.82, 2.24) is 14.9 Å². The Hall–Kier alpha value is -3.09. The van der Waals surface area contributed by atoms with E-state index in [0.717, 1.165) is 23.4 Å². The maximum atomic E-state index is 12.8. The molecule has 3 aromatic rings. The highest BCUT2D eigenvalue weighted by molar-refractivity contribution is 5.94. The van der Waals surface area contributed by atoms with E-state index in [1.165, 1.54) is 12.1 Å². The third kappa shape index (κ3) is 3.93. The number of imidazole rings is 1. The number of aromatic nitrogens is 2. The molecule has 4 nitrogen and oxygen atoms in total. The summed E-state index contributed by atoms with van der Waals surface area (Å²) >= 11 is 0. The zero-order chi connectivity index (χ0) is 18.7. The van der Waals surface area contributed by atoms with Crippen molar-refractivity contribution >= 4 is 5.91 Å². The Morgan fingerprint density at radius 1 is 1.15 bits per heavy atom. The molecule has 0 saturated carbocycles. The number of benzene rings is 2. The Morgan fingerprint density at radius 3 is 2.50 bits per heavy atom. The topological polar surface area (TPSA) is 46.9 Å². The fraction of sp³-hybridized carbons (Fsp3) is 0.158. The van der Waals surface area contributed by atoms with Gasteiger partial charge in [-0.05, 0) is 42.8 Å². The summed E-state index contributed by atoms with van der Waals surface area (Å²) in [6, 6.07) is 11.5. The molecule has 0 unspecified atom stereocenters. The van der Waals surface area contributed by atoms with E-state index in [2.05, 4.69) is 10.3 Å². The van der Waals surface area contributed by atoms with Gasteiger partial charge in [0.2, 0.25) is 0 Å². The average molecular weight is 359 g/mol. The van der Waals surface area contributed by atoms with Crippen LogP contribution in [0.4, 0.5) is 13.2 Å². The van der Waals surface area contributed by atoms with E-state index in [9.17, 15) is 18.0 Å². The summed E-state index contributed by atoms with van der Waals surface area (Å²) < 4.78 is 40.2. The highest BCUT2D eigenvalue weighted by Crippen LogP contribution is 2.29. The molecule has 2 aromatic carbocycles. The van der Waals surface area contributed by atoms with Crippen molar-refractivity contribution in [3.63, 3.8) is 0 Å². The van der Waals surface area contributed by atoms with Gasteiger partial charge in [0.1, 0.15) is 0 Å². The number of halogens is 3. The summed E-state index contributed by atoms with van der Waals surface area (Å²) in [7, 11) is 0. The van der Waals surface area contributed by atoms with Crippen LogP contribution in [0.25, 0.3) is 5.69 Å². The lowest BCUT2D eigenvalue weighted by Crippen LogP contribution is -2.27. The van der Waals surface area contributed by atoms with Gasteiger partial charge in [-0.3, -0.25) is 4.79 Å². The highest BCUT2D eigenvalue weighted by atomic mass is 19.4. The lowest BCUT2D eigenvalue weighted by Gasteiger charge is -2.16. The van der Waals surface area contributed by atoms with Gasteiger partial charge in [-0.15, -0.1) is 0 Å². The molecule has 0 aliphatic rings. The summed E-state index contributed by atoms with van der Waals surface area (Å²) in [5, 5.41) is 2.72. The summed E-state index contributed by atoms with van der Waals surface area (Å²) in [5.41, 5.74) is 0.890. The fourth-order valence-electron chi connectivity index (χ4n) is 2.55. The minimum absolute atomic E-state index is 0.0262. The van der Waals surface area contributed by atoms with Crippen molar-refractivity contribution in [2.45, 2.75) is 19.1 Å². The van der Waals surface area contributed by atoms with E-state index in [-0.39, 0.29) is 11.6 Å². The van der Waals surface area contributed by atoms with Crippen LogP contribution < -0.4 is 5.32 Å². The van der Waals surface area contributed by atoms with Crippen LogP contribution in [0.3, 0.4) is 0 Å². The third-order valence-corrected chi connectivity index (χ3v) is 4.00. The Kier molecular flexibility index (Phi) is 4.79. The zero-order valence-corrected chi connectivity index (χ0v) is 13.9. The highest BCUT2D eigenvalue weighted by Gasteiger charge is 2.31. The van der Waals surface area contributed by atoms with Crippen molar-refractivity contribution in [1.29, 1.82) is 0 Å². The van der Waals surface area contributed by atoms with Gasteiger partial charge in [0, 0.05) is 23.6 Å². The van der Waals surface area contributed by atoms with Crippen LogP contribution in [-0.4, -0.2) is 15.5 Å². The van der Waals surface area contributed by atoms with Crippen molar-refractivity contribution in [3.8, 4) is 5.69 Å². The van der Waals surface area contributed by atoms with Crippen LogP contribution >= 0.6 is 0 Å². The molecule has 0 bridgehead atoms.